The maximum atomic E-state index is 13.2. The average Bonchev–Trinajstić information content (AvgIpc) is 3.28. The lowest BCUT2D eigenvalue weighted by Gasteiger charge is -2.18. The fraction of sp³-hybridized carbons (Fsp3) is 0.619. The predicted molar refractivity (Wildman–Crippen MR) is 129 cm³/mol. The zero-order valence-electron chi connectivity index (χ0n) is 20.0. The van der Waals surface area contributed by atoms with Crippen LogP contribution in [0.2, 0.25) is 0 Å². The molecule has 194 valence electrons. The number of rotatable bonds is 6. The molecule has 2 aliphatic rings. The molecule has 4 rings (SSSR count). The van der Waals surface area contributed by atoms with Crippen molar-refractivity contribution in [3.05, 3.63) is 12.1 Å². The molecule has 0 radical (unpaired) electrons. The summed E-state index contributed by atoms with van der Waals surface area (Å²) in [5.41, 5.74) is 11.1. The Morgan fingerprint density at radius 2 is 1.31 bits per heavy atom. The van der Waals surface area contributed by atoms with Crippen molar-refractivity contribution >= 4 is 35.2 Å². The average molecular weight is 501 g/mol. The summed E-state index contributed by atoms with van der Waals surface area (Å²) in [7, 11) is 0. The zero-order chi connectivity index (χ0) is 25.8. The van der Waals surface area contributed by atoms with Crippen LogP contribution in [0.3, 0.4) is 0 Å². The minimum Gasteiger partial charge on any atom is -0.370 e. The van der Waals surface area contributed by atoms with Crippen molar-refractivity contribution in [3.63, 3.8) is 0 Å². The van der Waals surface area contributed by atoms with E-state index >= 15 is 0 Å². The molecule has 0 aromatic carbocycles. The standard InChI is InChI=1S/C11H17F2N5.C10H15F2N5/c1-7(2)15-8-5-9(17-10(14)16-8)18-4-3-11(12,13)6-18;1-2-14-7-5-8(16-9(13)15-7)17-4-3-10(11,12)6-17/h5,7H,3-4,6H2,1-2H3,(H3,14,15,16,17);5H,2-4,6H2,1H3,(H3,13,14,15,16). The molecule has 0 amide bonds. The molecule has 4 heterocycles. The van der Waals surface area contributed by atoms with Crippen molar-refractivity contribution < 1.29 is 17.6 Å². The topological polar surface area (TPSA) is 134 Å². The monoisotopic (exact) mass is 500 g/mol. The van der Waals surface area contributed by atoms with Crippen molar-refractivity contribution in [2.75, 3.05) is 64.6 Å². The van der Waals surface area contributed by atoms with Crippen molar-refractivity contribution in [2.24, 2.45) is 0 Å². The van der Waals surface area contributed by atoms with E-state index in [4.69, 9.17) is 11.5 Å². The molecular weight excluding hydrogens is 468 g/mol. The van der Waals surface area contributed by atoms with Gasteiger partial charge in [0.25, 0.3) is 11.8 Å². The Hall–Kier alpha value is -3.32. The lowest BCUT2D eigenvalue weighted by Crippen LogP contribution is -2.26. The molecule has 10 nitrogen and oxygen atoms in total. The summed E-state index contributed by atoms with van der Waals surface area (Å²) in [4.78, 5) is 19.0. The van der Waals surface area contributed by atoms with E-state index in [0.29, 0.717) is 29.8 Å². The van der Waals surface area contributed by atoms with Gasteiger partial charge in [0.05, 0.1) is 13.1 Å². The fourth-order valence-electron chi connectivity index (χ4n) is 3.73. The van der Waals surface area contributed by atoms with Crippen LogP contribution in [-0.2, 0) is 0 Å². The number of aromatic nitrogens is 4. The van der Waals surface area contributed by atoms with Crippen molar-refractivity contribution in [1.82, 2.24) is 19.9 Å². The second-order valence-electron chi connectivity index (χ2n) is 8.82. The summed E-state index contributed by atoms with van der Waals surface area (Å²) >= 11 is 0. The molecule has 35 heavy (non-hydrogen) atoms. The Labute approximate surface area is 201 Å². The van der Waals surface area contributed by atoms with Gasteiger partial charge in [-0.3, -0.25) is 0 Å². The van der Waals surface area contributed by atoms with Crippen LogP contribution < -0.4 is 31.9 Å². The maximum absolute atomic E-state index is 13.2. The molecule has 2 aromatic rings. The van der Waals surface area contributed by atoms with Crippen molar-refractivity contribution in [1.29, 1.82) is 0 Å². The van der Waals surface area contributed by atoms with Gasteiger partial charge in [0.2, 0.25) is 11.9 Å². The van der Waals surface area contributed by atoms with Gasteiger partial charge in [0.1, 0.15) is 23.3 Å². The Kier molecular flexibility index (Phi) is 7.90. The quantitative estimate of drug-likeness (QED) is 0.439. The Morgan fingerprint density at radius 3 is 1.71 bits per heavy atom. The van der Waals surface area contributed by atoms with E-state index in [9.17, 15) is 17.6 Å². The van der Waals surface area contributed by atoms with Gasteiger partial charge in [-0.05, 0) is 20.8 Å². The van der Waals surface area contributed by atoms with E-state index < -0.39 is 11.8 Å². The van der Waals surface area contributed by atoms with Crippen molar-refractivity contribution in [3.8, 4) is 0 Å². The maximum Gasteiger partial charge on any atom is 0.266 e. The molecule has 2 fully saturated rings. The highest BCUT2D eigenvalue weighted by atomic mass is 19.3. The van der Waals surface area contributed by atoms with Crippen molar-refractivity contribution in [2.45, 2.75) is 51.5 Å². The lowest BCUT2D eigenvalue weighted by molar-refractivity contribution is 0.0249. The summed E-state index contributed by atoms with van der Waals surface area (Å²) in [5.74, 6) is -3.09. The summed E-state index contributed by atoms with van der Waals surface area (Å²) < 4.78 is 52.5. The number of nitrogens with zero attached hydrogens (tertiary/aromatic N) is 6. The summed E-state index contributed by atoms with van der Waals surface area (Å²) in [5, 5.41) is 6.07. The first-order valence-electron chi connectivity index (χ1n) is 11.4. The molecule has 0 aliphatic carbocycles. The summed E-state index contributed by atoms with van der Waals surface area (Å²) in [6.45, 7) is 6.47. The molecule has 2 aromatic heterocycles. The first-order chi connectivity index (χ1) is 16.4. The number of hydrogen-bond acceptors (Lipinski definition) is 10. The van der Waals surface area contributed by atoms with E-state index in [1.165, 1.54) is 9.80 Å². The molecule has 2 aliphatic heterocycles. The highest BCUT2D eigenvalue weighted by Crippen LogP contribution is 2.32. The van der Waals surface area contributed by atoms with Gasteiger partial charge in [-0.15, -0.1) is 0 Å². The van der Waals surface area contributed by atoms with E-state index in [2.05, 4.69) is 30.6 Å². The largest absolute Gasteiger partial charge is 0.370 e. The molecule has 0 atom stereocenters. The van der Waals surface area contributed by atoms with Crippen LogP contribution in [0.15, 0.2) is 12.1 Å². The number of nitrogens with two attached hydrogens (primary N) is 2. The van der Waals surface area contributed by atoms with Crippen LogP contribution in [-0.4, -0.2) is 70.5 Å². The lowest BCUT2D eigenvalue weighted by atomic mass is 10.3. The third-order valence-corrected chi connectivity index (χ3v) is 5.24. The minimum atomic E-state index is -2.65. The van der Waals surface area contributed by atoms with Gasteiger partial charge in [0.15, 0.2) is 0 Å². The van der Waals surface area contributed by atoms with Crippen LogP contribution in [0.25, 0.3) is 0 Å². The highest BCUT2D eigenvalue weighted by molar-refractivity contribution is 5.54. The molecule has 0 spiro atoms. The number of nitrogens with one attached hydrogen (secondary N) is 2. The van der Waals surface area contributed by atoms with Crippen LogP contribution in [0.1, 0.15) is 33.6 Å². The van der Waals surface area contributed by atoms with E-state index in [0.717, 1.165) is 0 Å². The smallest absolute Gasteiger partial charge is 0.266 e. The van der Waals surface area contributed by atoms with Crippen LogP contribution in [0.5, 0.6) is 0 Å². The third-order valence-electron chi connectivity index (χ3n) is 5.24. The molecule has 0 unspecified atom stereocenters. The molecule has 6 N–H and O–H groups in total. The van der Waals surface area contributed by atoms with Gasteiger partial charge in [-0.2, -0.15) is 19.9 Å². The second-order valence-corrected chi connectivity index (χ2v) is 8.82. The van der Waals surface area contributed by atoms with E-state index in [-0.39, 0.29) is 57.0 Å². The van der Waals surface area contributed by atoms with Gasteiger partial charge in [0, 0.05) is 50.7 Å². The number of hydrogen-bond donors (Lipinski definition) is 4. The molecular formula is C21H32F4N10. The number of nitrogen functional groups attached to an aromatic ring is 2. The molecule has 2 saturated heterocycles. The fourth-order valence-corrected chi connectivity index (χ4v) is 3.73. The SMILES string of the molecule is CC(C)Nc1cc(N2CCC(F)(F)C2)nc(N)n1.CCNc1cc(N2CCC(F)(F)C2)nc(N)n1. The van der Waals surface area contributed by atoms with Crippen LogP contribution >= 0.6 is 0 Å². The first-order valence-corrected chi connectivity index (χ1v) is 11.4. The van der Waals surface area contributed by atoms with Crippen LogP contribution in [0.4, 0.5) is 52.7 Å². The second kappa shape index (κ2) is 10.5. The Morgan fingerprint density at radius 1 is 0.857 bits per heavy atom. The summed E-state index contributed by atoms with van der Waals surface area (Å²) in [6, 6.07) is 3.48. The van der Waals surface area contributed by atoms with E-state index in [1.54, 1.807) is 12.1 Å². The van der Waals surface area contributed by atoms with E-state index in [1.807, 2.05) is 20.8 Å². The van der Waals surface area contributed by atoms with Crippen LogP contribution in [0, 0.1) is 0 Å². The number of anilines is 6. The van der Waals surface area contributed by atoms with Gasteiger partial charge >= 0.3 is 0 Å². The van der Waals surface area contributed by atoms with Gasteiger partial charge in [-0.1, -0.05) is 0 Å². The normalized spacial score (nSPS) is 18.4. The molecule has 0 saturated carbocycles. The minimum absolute atomic E-state index is 0.0888. The Bertz CT molecular complexity index is 1000. The summed E-state index contributed by atoms with van der Waals surface area (Å²) in [6.07, 6.45) is -0.294. The first kappa shape index (κ1) is 26.3. The number of alkyl halides is 4. The third kappa shape index (κ3) is 7.59. The highest BCUT2D eigenvalue weighted by Gasteiger charge is 2.39. The molecule has 0 bridgehead atoms. The van der Waals surface area contributed by atoms with Gasteiger partial charge < -0.3 is 31.9 Å². The predicted octanol–water partition coefficient (Wildman–Crippen LogP) is 3.06. The number of halogens is 4. The van der Waals surface area contributed by atoms with Gasteiger partial charge in [-0.25, -0.2) is 17.6 Å². The molecule has 14 heteroatoms. The zero-order valence-corrected chi connectivity index (χ0v) is 20.0. The Balaban J connectivity index is 0.000000196.